The quantitative estimate of drug-likeness (QED) is 0.176. The van der Waals surface area contributed by atoms with Crippen LogP contribution in [-0.2, 0) is 0 Å². The van der Waals surface area contributed by atoms with Crippen LogP contribution in [0.2, 0.25) is 0 Å². The summed E-state index contributed by atoms with van der Waals surface area (Å²) in [6.07, 6.45) is 0. The average Bonchev–Trinajstić information content (AvgIpc) is 3.04. The van der Waals surface area contributed by atoms with Crippen LogP contribution in [0.5, 0.6) is 0 Å². The first-order valence-corrected chi connectivity index (χ1v) is 13.5. The summed E-state index contributed by atoms with van der Waals surface area (Å²) in [5.41, 5.74) is 10.0. The van der Waals surface area contributed by atoms with Gasteiger partial charge in [-0.05, 0) is 35.4 Å². The highest BCUT2D eigenvalue weighted by Crippen LogP contribution is 2.36. The maximum atomic E-state index is 5.35. The molecule has 0 fully saturated rings. The lowest BCUT2D eigenvalue weighted by Gasteiger charge is -2.13. The summed E-state index contributed by atoms with van der Waals surface area (Å²) in [4.78, 5) is 15.7. The first-order valence-electron chi connectivity index (χ1n) is 13.5. The van der Waals surface area contributed by atoms with Crippen molar-refractivity contribution in [1.29, 1.82) is 0 Å². The van der Waals surface area contributed by atoms with Crippen LogP contribution in [0.4, 0.5) is 0 Å². The van der Waals surface area contributed by atoms with Crippen molar-refractivity contribution in [3.05, 3.63) is 140 Å². The standard InChI is InChI=1S/C37H23N3/c1-4-10-24(11-5-1)28-18-20-30-33(23-28)39-34(26-14-8-3-9-15-26)31-22-29-17-16-27-19-21-32(25-12-6-2-7-13-25)38-35(27)36(29)40-37(30)31/h1-23H. The predicted molar refractivity (Wildman–Crippen MR) is 166 cm³/mol. The highest BCUT2D eigenvalue weighted by Gasteiger charge is 2.15. The maximum absolute atomic E-state index is 5.35. The summed E-state index contributed by atoms with van der Waals surface area (Å²) in [5, 5.41) is 4.20. The van der Waals surface area contributed by atoms with E-state index in [1.807, 2.05) is 30.3 Å². The minimum absolute atomic E-state index is 0.904. The summed E-state index contributed by atoms with van der Waals surface area (Å²) in [7, 11) is 0. The van der Waals surface area contributed by atoms with Gasteiger partial charge in [0, 0.05) is 32.7 Å². The second-order valence-electron chi connectivity index (χ2n) is 10.1. The normalized spacial score (nSPS) is 11.5. The van der Waals surface area contributed by atoms with Crippen LogP contribution in [0.1, 0.15) is 0 Å². The van der Waals surface area contributed by atoms with E-state index >= 15 is 0 Å². The van der Waals surface area contributed by atoms with Crippen LogP contribution >= 0.6 is 0 Å². The van der Waals surface area contributed by atoms with Gasteiger partial charge in [0.05, 0.1) is 33.5 Å². The van der Waals surface area contributed by atoms with E-state index in [4.69, 9.17) is 15.0 Å². The van der Waals surface area contributed by atoms with E-state index < -0.39 is 0 Å². The lowest BCUT2D eigenvalue weighted by molar-refractivity contribution is 1.38. The van der Waals surface area contributed by atoms with Crippen molar-refractivity contribution in [2.45, 2.75) is 0 Å². The molecule has 3 aromatic heterocycles. The lowest BCUT2D eigenvalue weighted by Crippen LogP contribution is -1.95. The zero-order chi connectivity index (χ0) is 26.5. The van der Waals surface area contributed by atoms with E-state index in [0.29, 0.717) is 0 Å². The van der Waals surface area contributed by atoms with Crippen LogP contribution in [0.25, 0.3) is 77.3 Å². The summed E-state index contributed by atoms with van der Waals surface area (Å²) in [6, 6.07) is 48.4. The Morgan fingerprint density at radius 2 is 0.975 bits per heavy atom. The fraction of sp³-hybridized carbons (Fsp3) is 0. The van der Waals surface area contributed by atoms with Gasteiger partial charge in [-0.3, -0.25) is 0 Å². The van der Waals surface area contributed by atoms with E-state index in [1.54, 1.807) is 0 Å². The highest BCUT2D eigenvalue weighted by atomic mass is 14.8. The van der Waals surface area contributed by atoms with Crippen molar-refractivity contribution < 1.29 is 0 Å². The smallest absolute Gasteiger partial charge is 0.0972 e. The van der Waals surface area contributed by atoms with Crippen LogP contribution < -0.4 is 0 Å². The van der Waals surface area contributed by atoms with Gasteiger partial charge in [0.1, 0.15) is 0 Å². The maximum Gasteiger partial charge on any atom is 0.0972 e. The van der Waals surface area contributed by atoms with Gasteiger partial charge in [0.25, 0.3) is 0 Å². The molecule has 186 valence electrons. The number of benzene rings is 5. The number of hydrogen-bond acceptors (Lipinski definition) is 3. The molecular weight excluding hydrogens is 486 g/mol. The molecule has 0 saturated heterocycles. The predicted octanol–water partition coefficient (Wildman–Crippen LogP) is 9.49. The molecule has 3 heteroatoms. The van der Waals surface area contributed by atoms with E-state index in [0.717, 1.165) is 71.7 Å². The summed E-state index contributed by atoms with van der Waals surface area (Å²) < 4.78 is 0. The number of fused-ring (bicyclic) bond motifs is 6. The number of rotatable bonds is 3. The minimum atomic E-state index is 0.904. The molecular formula is C37H23N3. The molecule has 0 N–H and O–H groups in total. The van der Waals surface area contributed by atoms with Crippen molar-refractivity contribution in [3.63, 3.8) is 0 Å². The molecule has 5 aromatic carbocycles. The van der Waals surface area contributed by atoms with Crippen LogP contribution in [0.3, 0.4) is 0 Å². The van der Waals surface area contributed by atoms with Gasteiger partial charge in [0.2, 0.25) is 0 Å². The third kappa shape index (κ3) is 3.71. The van der Waals surface area contributed by atoms with Gasteiger partial charge in [-0.25, -0.2) is 15.0 Å². The molecule has 0 unspecified atom stereocenters. The molecule has 8 aromatic rings. The van der Waals surface area contributed by atoms with Gasteiger partial charge in [0.15, 0.2) is 0 Å². The van der Waals surface area contributed by atoms with Gasteiger partial charge < -0.3 is 0 Å². The molecule has 0 bridgehead atoms. The Bertz CT molecular complexity index is 2190. The van der Waals surface area contributed by atoms with E-state index in [1.165, 1.54) is 5.56 Å². The van der Waals surface area contributed by atoms with E-state index in [2.05, 4.69) is 109 Å². The van der Waals surface area contributed by atoms with Crippen molar-refractivity contribution in [2.75, 3.05) is 0 Å². The fourth-order valence-electron chi connectivity index (χ4n) is 5.61. The second-order valence-corrected chi connectivity index (χ2v) is 10.1. The Balaban J connectivity index is 1.46. The van der Waals surface area contributed by atoms with Crippen molar-refractivity contribution in [2.24, 2.45) is 0 Å². The second kappa shape index (κ2) is 9.11. The number of aromatic nitrogens is 3. The molecule has 3 heterocycles. The minimum Gasteiger partial charge on any atom is -0.247 e. The van der Waals surface area contributed by atoms with Gasteiger partial charge in [-0.1, -0.05) is 115 Å². The SMILES string of the molecule is c1ccc(-c2ccc3c(c2)nc(-c2ccccc2)c2cc4ccc5ccc(-c6ccccc6)nc5c4nc23)cc1. The number of nitrogens with zero attached hydrogens (tertiary/aromatic N) is 3. The van der Waals surface area contributed by atoms with Crippen LogP contribution in [0.15, 0.2) is 140 Å². The van der Waals surface area contributed by atoms with E-state index in [9.17, 15) is 0 Å². The third-order valence-corrected chi connectivity index (χ3v) is 7.61. The molecule has 3 nitrogen and oxygen atoms in total. The Kier molecular flexibility index (Phi) is 5.14. The molecule has 0 spiro atoms. The first-order chi connectivity index (χ1) is 19.8. The number of hydrogen-bond donors (Lipinski definition) is 0. The van der Waals surface area contributed by atoms with Crippen molar-refractivity contribution in [3.8, 4) is 33.6 Å². The van der Waals surface area contributed by atoms with Gasteiger partial charge in [-0.2, -0.15) is 0 Å². The first kappa shape index (κ1) is 22.6. The van der Waals surface area contributed by atoms with Crippen molar-refractivity contribution >= 4 is 43.6 Å². The molecule has 0 amide bonds. The number of pyridine rings is 3. The largest absolute Gasteiger partial charge is 0.247 e. The molecule has 0 atom stereocenters. The topological polar surface area (TPSA) is 38.7 Å². The monoisotopic (exact) mass is 509 g/mol. The van der Waals surface area contributed by atoms with Crippen molar-refractivity contribution in [1.82, 2.24) is 15.0 Å². The summed E-state index contributed by atoms with van der Waals surface area (Å²) >= 11 is 0. The molecule has 0 radical (unpaired) electrons. The van der Waals surface area contributed by atoms with Gasteiger partial charge in [-0.15, -0.1) is 0 Å². The zero-order valence-electron chi connectivity index (χ0n) is 21.6. The molecule has 8 rings (SSSR count). The Hall–Kier alpha value is -5.41. The highest BCUT2D eigenvalue weighted by molar-refractivity contribution is 6.15. The summed E-state index contributed by atoms with van der Waals surface area (Å²) in [5.74, 6) is 0. The molecule has 0 aliphatic carbocycles. The third-order valence-electron chi connectivity index (χ3n) is 7.61. The van der Waals surface area contributed by atoms with E-state index in [-0.39, 0.29) is 0 Å². The molecule has 40 heavy (non-hydrogen) atoms. The molecule has 0 aliphatic heterocycles. The van der Waals surface area contributed by atoms with Crippen LogP contribution in [0, 0.1) is 0 Å². The van der Waals surface area contributed by atoms with Crippen LogP contribution in [-0.4, -0.2) is 15.0 Å². The lowest BCUT2D eigenvalue weighted by atomic mass is 9.98. The fourth-order valence-corrected chi connectivity index (χ4v) is 5.61. The zero-order valence-corrected chi connectivity index (χ0v) is 21.6. The Morgan fingerprint density at radius 1 is 0.350 bits per heavy atom. The van der Waals surface area contributed by atoms with Gasteiger partial charge >= 0.3 is 0 Å². The Labute approximate surface area is 231 Å². The average molecular weight is 510 g/mol. The summed E-state index contributed by atoms with van der Waals surface area (Å²) in [6.45, 7) is 0. The molecule has 0 aliphatic rings. The Morgan fingerprint density at radius 3 is 1.73 bits per heavy atom. The molecule has 0 saturated carbocycles.